The van der Waals surface area contributed by atoms with Crippen molar-refractivity contribution < 1.29 is 13.2 Å². The Bertz CT molecular complexity index is 1760. The van der Waals surface area contributed by atoms with Gasteiger partial charge in [0, 0.05) is 25.0 Å². The van der Waals surface area contributed by atoms with Gasteiger partial charge in [-0.15, -0.1) is 0 Å². The van der Waals surface area contributed by atoms with Gasteiger partial charge in [0.15, 0.2) is 27.1 Å². The molecule has 2 saturated carbocycles. The summed E-state index contributed by atoms with van der Waals surface area (Å²) in [5.41, 5.74) is 4.45. The molecule has 3 aliphatic rings. The minimum absolute atomic E-state index is 0.0426. The Balaban J connectivity index is 1.28. The van der Waals surface area contributed by atoms with Crippen LogP contribution < -0.4 is 10.9 Å². The molecule has 0 radical (unpaired) electrons. The summed E-state index contributed by atoms with van der Waals surface area (Å²) in [6.07, 6.45) is 8.42. The van der Waals surface area contributed by atoms with Gasteiger partial charge in [0.05, 0.1) is 46.4 Å². The molecule has 1 unspecified atom stereocenters. The predicted octanol–water partition coefficient (Wildman–Crippen LogP) is 3.77. The lowest BCUT2D eigenvalue weighted by molar-refractivity contribution is 0.186. The number of nitrogens with one attached hydrogen (secondary N) is 1. The molecule has 4 heterocycles. The number of ether oxygens (including phenoxy) is 1. The molecule has 212 valence electrons. The van der Waals surface area contributed by atoms with E-state index in [1.54, 1.807) is 48.3 Å². The molecule has 4 aromatic rings. The number of benzene rings is 1. The molecule has 1 aliphatic heterocycles. The summed E-state index contributed by atoms with van der Waals surface area (Å²) < 4.78 is 31.6. The zero-order valence-corrected chi connectivity index (χ0v) is 23.6. The first-order chi connectivity index (χ1) is 19.9. The zero-order valence-electron chi connectivity index (χ0n) is 22.8. The first-order valence-electron chi connectivity index (χ1n) is 14.2. The lowest BCUT2D eigenvalue weighted by Crippen LogP contribution is -2.30. The summed E-state index contributed by atoms with van der Waals surface area (Å²) in [6.45, 7) is 2.91. The summed E-state index contributed by atoms with van der Waals surface area (Å²) in [5, 5.41) is 3.16. The molecule has 2 aliphatic carbocycles. The summed E-state index contributed by atoms with van der Waals surface area (Å²) >= 11 is 0. The van der Waals surface area contributed by atoms with Crippen molar-refractivity contribution in [2.24, 2.45) is 0 Å². The van der Waals surface area contributed by atoms with Gasteiger partial charge in [0.25, 0.3) is 5.56 Å². The molecule has 1 N–H and O–H groups in total. The van der Waals surface area contributed by atoms with Crippen LogP contribution in [0.5, 0.6) is 0 Å². The van der Waals surface area contributed by atoms with E-state index in [0.29, 0.717) is 55.0 Å². The molecule has 0 bridgehead atoms. The maximum absolute atomic E-state index is 13.9. The summed E-state index contributed by atoms with van der Waals surface area (Å²) in [6, 6.07) is 6.49. The molecule has 3 fully saturated rings. The number of nitrogens with zero attached hydrogens (tertiary/aromatic N) is 6. The van der Waals surface area contributed by atoms with Crippen LogP contribution in [0.3, 0.4) is 0 Å². The van der Waals surface area contributed by atoms with Gasteiger partial charge >= 0.3 is 0 Å². The lowest BCUT2D eigenvalue weighted by atomic mass is 10.0. The molecule has 0 spiro atoms. The molecule has 11 nitrogen and oxygen atoms in total. The molecule has 1 aromatic carbocycles. The van der Waals surface area contributed by atoms with E-state index in [2.05, 4.69) is 20.3 Å². The second-order valence-corrected chi connectivity index (χ2v) is 13.3. The smallest absolute Gasteiger partial charge is 0.295 e. The minimum Gasteiger partial charge on any atom is -0.379 e. The van der Waals surface area contributed by atoms with Gasteiger partial charge in [-0.05, 0) is 49.8 Å². The summed E-state index contributed by atoms with van der Waals surface area (Å²) in [7, 11) is -3.28. The van der Waals surface area contributed by atoms with Crippen LogP contribution in [0.1, 0.15) is 73.9 Å². The van der Waals surface area contributed by atoms with E-state index in [4.69, 9.17) is 14.7 Å². The Morgan fingerprint density at radius 3 is 2.29 bits per heavy atom. The van der Waals surface area contributed by atoms with Gasteiger partial charge in [-0.1, -0.05) is 19.1 Å². The Kier molecular flexibility index (Phi) is 6.54. The quantitative estimate of drug-likeness (QED) is 0.314. The number of aromatic nitrogens is 6. The number of anilines is 1. The highest BCUT2D eigenvalue weighted by atomic mass is 32.2. The average Bonchev–Trinajstić information content (AvgIpc) is 3.94. The number of sulfone groups is 1. The van der Waals surface area contributed by atoms with E-state index in [0.717, 1.165) is 48.2 Å². The monoisotopic (exact) mass is 573 g/mol. The standard InChI is InChI=1S/C29H31N7O4S/c1-2-41(38,39)21-9-3-17(4-10-21)13-30-27-29(37)36(20-11-12-40-15-20)28-22(34-27)14-31-26(35-28)23-24(18-5-6-18)32-16-33-25(23)19-7-8-19/h3-4,9-10,14,16,18-20H,2,5-8,11-13,15H2,1H3,(H,30,34). The van der Waals surface area contributed by atoms with Gasteiger partial charge < -0.3 is 10.1 Å². The topological polar surface area (TPSA) is 142 Å². The summed E-state index contributed by atoms with van der Waals surface area (Å²) in [4.78, 5) is 37.7. The van der Waals surface area contributed by atoms with Crippen LogP contribution in [0.15, 0.2) is 46.5 Å². The molecular weight excluding hydrogens is 542 g/mol. The van der Waals surface area contributed by atoms with E-state index in [9.17, 15) is 13.2 Å². The van der Waals surface area contributed by atoms with E-state index in [1.807, 2.05) is 0 Å². The minimum atomic E-state index is -3.28. The van der Waals surface area contributed by atoms with E-state index >= 15 is 0 Å². The number of fused-ring (bicyclic) bond motifs is 1. The molecule has 1 atom stereocenters. The van der Waals surface area contributed by atoms with Crippen LogP contribution in [0, 0.1) is 0 Å². The molecule has 1 saturated heterocycles. The van der Waals surface area contributed by atoms with Crippen LogP contribution in [-0.2, 0) is 21.1 Å². The Labute approximate surface area is 237 Å². The maximum Gasteiger partial charge on any atom is 0.295 e. The third-order valence-electron chi connectivity index (χ3n) is 8.08. The van der Waals surface area contributed by atoms with Crippen molar-refractivity contribution in [3.63, 3.8) is 0 Å². The average molecular weight is 574 g/mol. The molecule has 7 rings (SSSR count). The fourth-order valence-corrected chi connectivity index (χ4v) is 6.33. The number of rotatable bonds is 9. The van der Waals surface area contributed by atoms with Crippen molar-refractivity contribution in [2.45, 2.75) is 68.3 Å². The lowest BCUT2D eigenvalue weighted by Gasteiger charge is -2.18. The molecular formula is C29H31N7O4S. The number of hydrogen-bond acceptors (Lipinski definition) is 10. The highest BCUT2D eigenvalue weighted by Gasteiger charge is 2.36. The van der Waals surface area contributed by atoms with Crippen LogP contribution in [0.25, 0.3) is 22.6 Å². The van der Waals surface area contributed by atoms with E-state index in [1.165, 1.54) is 0 Å². The van der Waals surface area contributed by atoms with Crippen molar-refractivity contribution in [2.75, 3.05) is 24.3 Å². The van der Waals surface area contributed by atoms with Crippen LogP contribution in [0.4, 0.5) is 5.82 Å². The van der Waals surface area contributed by atoms with Crippen molar-refractivity contribution in [1.29, 1.82) is 0 Å². The van der Waals surface area contributed by atoms with Gasteiger partial charge in [-0.2, -0.15) is 0 Å². The predicted molar refractivity (Wildman–Crippen MR) is 153 cm³/mol. The third-order valence-corrected chi connectivity index (χ3v) is 9.83. The third kappa shape index (κ3) is 4.99. The second kappa shape index (κ2) is 10.3. The van der Waals surface area contributed by atoms with E-state index < -0.39 is 9.84 Å². The van der Waals surface area contributed by atoms with E-state index in [-0.39, 0.29) is 28.1 Å². The Hall–Kier alpha value is -3.77. The van der Waals surface area contributed by atoms with Crippen molar-refractivity contribution >= 4 is 26.8 Å². The van der Waals surface area contributed by atoms with Crippen LogP contribution >= 0.6 is 0 Å². The van der Waals surface area contributed by atoms with Crippen molar-refractivity contribution in [3.05, 3.63) is 64.1 Å². The largest absolute Gasteiger partial charge is 0.379 e. The van der Waals surface area contributed by atoms with Crippen molar-refractivity contribution in [3.8, 4) is 11.4 Å². The van der Waals surface area contributed by atoms with Gasteiger partial charge in [0.1, 0.15) is 11.8 Å². The summed E-state index contributed by atoms with van der Waals surface area (Å²) in [5.74, 6) is 1.57. The maximum atomic E-state index is 13.9. The Morgan fingerprint density at radius 1 is 0.976 bits per heavy atom. The van der Waals surface area contributed by atoms with Gasteiger partial charge in [-0.3, -0.25) is 9.36 Å². The fraction of sp³-hybridized carbons (Fsp3) is 0.448. The first-order valence-corrected chi connectivity index (χ1v) is 15.9. The van der Waals surface area contributed by atoms with Crippen LogP contribution in [0.2, 0.25) is 0 Å². The Morgan fingerprint density at radius 2 is 1.68 bits per heavy atom. The SMILES string of the molecule is CCS(=O)(=O)c1ccc(CNc2nc3cnc(-c4c(C5CC5)ncnc4C4CC4)nc3n(C3CCOC3)c2=O)cc1. The van der Waals surface area contributed by atoms with Crippen LogP contribution in [-0.4, -0.2) is 56.9 Å². The molecule has 41 heavy (non-hydrogen) atoms. The van der Waals surface area contributed by atoms with Gasteiger partial charge in [-0.25, -0.2) is 33.3 Å². The highest BCUT2D eigenvalue weighted by Crippen LogP contribution is 2.48. The molecule has 3 aromatic heterocycles. The first kappa shape index (κ1) is 26.1. The second-order valence-electron chi connectivity index (χ2n) is 11.0. The molecule has 12 heteroatoms. The fourth-order valence-electron chi connectivity index (χ4n) is 5.44. The van der Waals surface area contributed by atoms with Gasteiger partial charge in [0.2, 0.25) is 0 Å². The zero-order chi connectivity index (χ0) is 28.1. The number of hydrogen-bond donors (Lipinski definition) is 1. The normalized spacial score (nSPS) is 19.1. The molecule has 0 amide bonds. The van der Waals surface area contributed by atoms with Crippen molar-refractivity contribution in [1.82, 2.24) is 29.5 Å². The highest BCUT2D eigenvalue weighted by molar-refractivity contribution is 7.91.